The molecule has 124 valence electrons. The molecule has 0 N–H and O–H groups in total. The molecule has 0 radical (unpaired) electrons. The van der Waals surface area contributed by atoms with Crippen molar-refractivity contribution in [2.75, 3.05) is 0 Å². The third-order valence-corrected chi connectivity index (χ3v) is 6.39. The highest BCUT2D eigenvalue weighted by molar-refractivity contribution is 8.26. The second-order valence-corrected chi connectivity index (χ2v) is 9.10. The van der Waals surface area contributed by atoms with Crippen LogP contribution in [0.2, 0.25) is 0 Å². The monoisotopic (exact) mass is 361 g/mol. The highest BCUT2D eigenvalue weighted by Crippen LogP contribution is 2.40. The Hall–Kier alpha value is -2.41. The first kappa shape index (κ1) is 17.4. The minimum atomic E-state index is -1.82. The van der Waals surface area contributed by atoms with Crippen LogP contribution >= 0.6 is 21.2 Å². The van der Waals surface area contributed by atoms with E-state index < -0.39 is 9.39 Å². The number of rotatable bonds is 3. The molecule has 3 rings (SSSR count). The van der Waals surface area contributed by atoms with Gasteiger partial charge in [0.2, 0.25) is 0 Å². The summed E-state index contributed by atoms with van der Waals surface area (Å²) in [4.78, 5) is 1.99. The normalized spacial score (nSPS) is 15.4. The predicted molar refractivity (Wildman–Crippen MR) is 118 cm³/mol. The lowest BCUT2D eigenvalue weighted by atomic mass is 9.92. The van der Waals surface area contributed by atoms with Crippen LogP contribution in [0.3, 0.4) is 0 Å². The van der Waals surface area contributed by atoms with Crippen LogP contribution in [0.4, 0.5) is 0 Å². The molecular formula is C22H19NS2. The Kier molecular flexibility index (Phi) is 4.76. The van der Waals surface area contributed by atoms with E-state index in [-0.39, 0.29) is 0 Å². The van der Waals surface area contributed by atoms with Crippen molar-refractivity contribution in [3.05, 3.63) is 82.8 Å². The summed E-state index contributed by atoms with van der Waals surface area (Å²) >= 11 is 1.33. The minimum absolute atomic E-state index is 0.862. The maximum atomic E-state index is 5.49. The van der Waals surface area contributed by atoms with Gasteiger partial charge in [0.05, 0.1) is 5.71 Å². The van der Waals surface area contributed by atoms with Gasteiger partial charge in [-0.3, -0.25) is 0 Å². The highest BCUT2D eigenvalue weighted by atomic mass is 32.2. The molecule has 0 bridgehead atoms. The van der Waals surface area contributed by atoms with Gasteiger partial charge in [-0.15, -0.1) is 6.42 Å². The summed E-state index contributed by atoms with van der Waals surface area (Å²) in [6, 6.07) is 16.4. The lowest BCUT2D eigenvalue weighted by molar-refractivity contribution is 1.37. The van der Waals surface area contributed by atoms with Gasteiger partial charge in [0.15, 0.2) is 0 Å². The molecule has 0 saturated carbocycles. The van der Waals surface area contributed by atoms with Gasteiger partial charge in [0.25, 0.3) is 0 Å². The number of hydrogen-bond acceptors (Lipinski definition) is 2. The smallest absolute Gasteiger partial charge is 0.0794 e. The minimum Gasteiger partial charge on any atom is -0.226 e. The van der Waals surface area contributed by atoms with E-state index in [9.17, 15) is 0 Å². The zero-order chi connectivity index (χ0) is 18.0. The first-order chi connectivity index (χ1) is 11.9. The van der Waals surface area contributed by atoms with Gasteiger partial charge in [-0.25, -0.2) is 4.40 Å². The van der Waals surface area contributed by atoms with Crippen molar-refractivity contribution in [2.24, 2.45) is 4.40 Å². The van der Waals surface area contributed by atoms with E-state index in [1.54, 1.807) is 0 Å². The van der Waals surface area contributed by atoms with Crippen molar-refractivity contribution >= 4 is 44.2 Å². The lowest BCUT2D eigenvalue weighted by Crippen LogP contribution is -2.08. The number of hydrogen-bond donors (Lipinski definition) is 0. The summed E-state index contributed by atoms with van der Waals surface area (Å²) in [7, 11) is -1.82. The third kappa shape index (κ3) is 3.51. The van der Waals surface area contributed by atoms with E-state index in [4.69, 9.17) is 10.8 Å². The number of allylic oxidation sites excluding steroid dienone is 2. The Morgan fingerprint density at radius 1 is 1.04 bits per heavy atom. The van der Waals surface area contributed by atoms with Crippen LogP contribution in [0, 0.1) is 18.6 Å². The average molecular weight is 362 g/mol. The highest BCUT2D eigenvalue weighted by Gasteiger charge is 2.20. The fourth-order valence-electron chi connectivity index (χ4n) is 2.65. The van der Waals surface area contributed by atoms with Crippen LogP contribution in [-0.4, -0.2) is 17.5 Å². The Morgan fingerprint density at radius 2 is 1.68 bits per heavy atom. The lowest BCUT2D eigenvalue weighted by Gasteiger charge is -2.21. The van der Waals surface area contributed by atoms with Crippen LogP contribution < -0.4 is 0 Å². The average Bonchev–Trinajstić information content (AvgIpc) is 2.59. The maximum absolute atomic E-state index is 5.49. The first-order valence-corrected chi connectivity index (χ1v) is 10.5. The molecule has 0 unspecified atom stereocenters. The Labute approximate surface area is 154 Å². The van der Waals surface area contributed by atoms with Crippen LogP contribution in [0.1, 0.15) is 16.7 Å². The summed E-state index contributed by atoms with van der Waals surface area (Å²) in [6.45, 7) is 6.25. The molecule has 0 amide bonds. The topological polar surface area (TPSA) is 12.4 Å². The summed E-state index contributed by atoms with van der Waals surface area (Å²) in [5, 5.41) is 2.63. The molecule has 0 heterocycles. The number of aryl methyl sites for hydroxylation is 1. The van der Waals surface area contributed by atoms with E-state index in [2.05, 4.69) is 60.8 Å². The maximum Gasteiger partial charge on any atom is 0.0794 e. The van der Waals surface area contributed by atoms with Crippen molar-refractivity contribution in [3.8, 4) is 11.7 Å². The second kappa shape index (κ2) is 6.84. The molecule has 25 heavy (non-hydrogen) atoms. The van der Waals surface area contributed by atoms with Gasteiger partial charge in [-0.2, -0.15) is 0 Å². The fourth-order valence-corrected chi connectivity index (χ4v) is 4.46. The van der Waals surface area contributed by atoms with E-state index in [1.165, 1.54) is 17.3 Å². The molecule has 0 atom stereocenters. The zero-order valence-corrected chi connectivity index (χ0v) is 15.8. The van der Waals surface area contributed by atoms with Gasteiger partial charge in [-0.1, -0.05) is 69.7 Å². The Morgan fingerprint density at radius 3 is 2.32 bits per heavy atom. The summed E-state index contributed by atoms with van der Waals surface area (Å²) in [6.07, 6.45) is 7.49. The number of fused-ring (bicyclic) bond motifs is 1. The predicted octanol–water partition coefficient (Wildman–Crippen LogP) is 5.66. The molecule has 0 saturated heterocycles. The van der Waals surface area contributed by atoms with Crippen molar-refractivity contribution in [1.29, 1.82) is 0 Å². The van der Waals surface area contributed by atoms with Crippen molar-refractivity contribution in [3.63, 3.8) is 0 Å². The molecule has 0 aliphatic heterocycles. The fraction of sp³-hybridized carbons (Fsp3) is 0.0455. The van der Waals surface area contributed by atoms with E-state index in [0.717, 1.165) is 32.2 Å². The van der Waals surface area contributed by atoms with Gasteiger partial charge in [-0.05, 0) is 53.3 Å². The van der Waals surface area contributed by atoms with Gasteiger partial charge >= 0.3 is 0 Å². The summed E-state index contributed by atoms with van der Waals surface area (Å²) in [5.41, 5.74) is 5.10. The quantitative estimate of drug-likeness (QED) is 0.507. The van der Waals surface area contributed by atoms with E-state index >= 15 is 0 Å². The molecule has 1 nitrogen and oxygen atoms in total. The van der Waals surface area contributed by atoms with Crippen LogP contribution in [0.15, 0.2) is 75.4 Å². The number of terminal acetylenes is 1. The SMILES string of the molecule is C#CSC1=C/C(=N\S(=C)(=C)c2ccc(C)cc2)c2ccccc2C1=C. The largest absolute Gasteiger partial charge is 0.226 e. The molecule has 0 fully saturated rings. The van der Waals surface area contributed by atoms with Gasteiger partial charge < -0.3 is 0 Å². The molecule has 3 heteroatoms. The summed E-state index contributed by atoms with van der Waals surface area (Å²) < 4.78 is 4.95. The molecule has 1 aliphatic rings. The van der Waals surface area contributed by atoms with Crippen LogP contribution in [-0.2, 0) is 0 Å². The van der Waals surface area contributed by atoms with Crippen molar-refractivity contribution < 1.29 is 0 Å². The second-order valence-electron chi connectivity index (χ2n) is 5.88. The number of nitrogens with zero attached hydrogens (tertiary/aromatic N) is 1. The van der Waals surface area contributed by atoms with Crippen molar-refractivity contribution in [2.45, 2.75) is 11.8 Å². The first-order valence-electron chi connectivity index (χ1n) is 7.71. The molecule has 0 spiro atoms. The zero-order valence-electron chi connectivity index (χ0n) is 14.2. The summed E-state index contributed by atoms with van der Waals surface area (Å²) in [5.74, 6) is 8.63. The van der Waals surface area contributed by atoms with E-state index in [0.29, 0.717) is 0 Å². The van der Waals surface area contributed by atoms with Crippen molar-refractivity contribution in [1.82, 2.24) is 0 Å². The molecule has 2 aromatic rings. The van der Waals surface area contributed by atoms with Gasteiger partial charge in [0, 0.05) is 15.4 Å². The van der Waals surface area contributed by atoms with E-state index in [1.807, 2.05) is 24.3 Å². The molecular weight excluding hydrogens is 342 g/mol. The third-order valence-electron chi connectivity index (χ3n) is 4.00. The molecule has 1 aliphatic carbocycles. The number of thioether (sulfide) groups is 1. The Bertz CT molecular complexity index is 1040. The molecule has 0 aromatic heterocycles. The van der Waals surface area contributed by atoms with Crippen LogP contribution in [0.5, 0.6) is 0 Å². The Balaban J connectivity index is 2.16. The number of benzene rings is 2. The standard InChI is InChI=1S/C22H19NS2/c1-6-24-22-15-21(20-10-8-7-9-19(20)17(22)3)23-25(4,5)18-13-11-16(2)12-14-18/h1,7-15H,3-5H2,2H3/b23-21+. The molecule has 2 aromatic carbocycles. The van der Waals surface area contributed by atoms with Crippen LogP contribution in [0.25, 0.3) is 5.57 Å². The van der Waals surface area contributed by atoms with Gasteiger partial charge in [0.1, 0.15) is 0 Å².